The van der Waals surface area contributed by atoms with Crippen LogP contribution in [0.3, 0.4) is 0 Å². The summed E-state index contributed by atoms with van der Waals surface area (Å²) in [6.07, 6.45) is 4.98. The number of aryl methyl sites for hydroxylation is 1. The fourth-order valence-corrected chi connectivity index (χ4v) is 4.12. The molecule has 138 valence electrons. The van der Waals surface area contributed by atoms with Crippen molar-refractivity contribution in [1.82, 2.24) is 15.1 Å². The van der Waals surface area contributed by atoms with Gasteiger partial charge in [-0.05, 0) is 51.3 Å². The van der Waals surface area contributed by atoms with Gasteiger partial charge in [0.05, 0.1) is 0 Å². The smallest absolute Gasteiger partial charge is 0.317 e. The van der Waals surface area contributed by atoms with Crippen LogP contribution < -0.4 is 5.32 Å². The van der Waals surface area contributed by atoms with Crippen LogP contribution in [-0.4, -0.2) is 54.6 Å². The van der Waals surface area contributed by atoms with Crippen molar-refractivity contribution in [3.8, 4) is 0 Å². The minimum Gasteiger partial charge on any atom is -0.337 e. The van der Waals surface area contributed by atoms with Gasteiger partial charge in [0.15, 0.2) is 0 Å². The van der Waals surface area contributed by atoms with Crippen LogP contribution in [0.1, 0.15) is 50.7 Å². The molecule has 2 fully saturated rings. The average Bonchev–Trinajstić information content (AvgIpc) is 3.14. The molecule has 1 aromatic rings. The molecule has 4 heteroatoms. The largest absolute Gasteiger partial charge is 0.337 e. The minimum atomic E-state index is -0.0637. The highest BCUT2D eigenvalue weighted by molar-refractivity contribution is 5.74. The van der Waals surface area contributed by atoms with Crippen LogP contribution in [0.4, 0.5) is 4.79 Å². The van der Waals surface area contributed by atoms with E-state index < -0.39 is 0 Å². The quantitative estimate of drug-likeness (QED) is 0.907. The second-order valence-corrected chi connectivity index (χ2v) is 8.40. The molecule has 2 amide bonds. The zero-order chi connectivity index (χ0) is 17.9. The predicted octanol–water partition coefficient (Wildman–Crippen LogP) is 3.54. The van der Waals surface area contributed by atoms with Crippen molar-refractivity contribution >= 4 is 6.03 Å². The number of hydrogen-bond donors (Lipinski definition) is 1. The van der Waals surface area contributed by atoms with Crippen LogP contribution >= 0.6 is 0 Å². The summed E-state index contributed by atoms with van der Waals surface area (Å²) in [6.45, 7) is 11.4. The molecule has 0 spiro atoms. The van der Waals surface area contributed by atoms with E-state index in [4.69, 9.17) is 0 Å². The number of carbonyl (C=O) groups is 1. The Morgan fingerprint density at radius 2 is 1.96 bits per heavy atom. The highest BCUT2D eigenvalue weighted by Crippen LogP contribution is 2.24. The van der Waals surface area contributed by atoms with Gasteiger partial charge in [-0.1, -0.05) is 43.7 Å². The van der Waals surface area contributed by atoms with Crippen molar-refractivity contribution in [2.24, 2.45) is 0 Å². The van der Waals surface area contributed by atoms with E-state index >= 15 is 0 Å². The number of amides is 2. The zero-order valence-corrected chi connectivity index (χ0v) is 16.1. The molecule has 0 radical (unpaired) electrons. The number of rotatable bonds is 4. The molecular weight excluding hydrogens is 310 g/mol. The molecular formula is C21H33N3O. The van der Waals surface area contributed by atoms with Gasteiger partial charge in [-0.25, -0.2) is 4.79 Å². The molecule has 0 bridgehead atoms. The first kappa shape index (κ1) is 18.2. The van der Waals surface area contributed by atoms with Crippen molar-refractivity contribution in [3.63, 3.8) is 0 Å². The molecule has 0 saturated carbocycles. The lowest BCUT2D eigenvalue weighted by Gasteiger charge is -2.38. The van der Waals surface area contributed by atoms with E-state index in [2.05, 4.69) is 55.3 Å². The van der Waals surface area contributed by atoms with Crippen molar-refractivity contribution < 1.29 is 4.79 Å². The number of hydrogen-bond acceptors (Lipinski definition) is 2. The molecule has 2 saturated heterocycles. The van der Waals surface area contributed by atoms with Crippen molar-refractivity contribution in [2.45, 2.75) is 57.9 Å². The summed E-state index contributed by atoms with van der Waals surface area (Å²) >= 11 is 0. The molecule has 0 aromatic heterocycles. The lowest BCUT2D eigenvalue weighted by molar-refractivity contribution is 0.124. The third-order valence-corrected chi connectivity index (χ3v) is 5.82. The standard InChI is InChI=1S/C21H33N3O/c1-17-8-6-9-18(14-17)21(2,3)16-22-20(25)24-13-7-10-19(15-24)23-11-4-5-12-23/h6,8-9,14,19H,4-5,7,10-13,15-16H2,1-3H3,(H,22,25). The summed E-state index contributed by atoms with van der Waals surface area (Å²) in [7, 11) is 0. The van der Waals surface area contributed by atoms with Crippen LogP contribution in [0, 0.1) is 6.92 Å². The maximum absolute atomic E-state index is 12.7. The van der Waals surface area contributed by atoms with Crippen LogP contribution in [0.15, 0.2) is 24.3 Å². The molecule has 1 N–H and O–H groups in total. The minimum absolute atomic E-state index is 0.0637. The van der Waals surface area contributed by atoms with Gasteiger partial charge in [0.25, 0.3) is 0 Å². The Morgan fingerprint density at radius 3 is 2.68 bits per heavy atom. The molecule has 2 heterocycles. The summed E-state index contributed by atoms with van der Waals surface area (Å²) in [4.78, 5) is 17.3. The number of carbonyl (C=O) groups excluding carboxylic acids is 1. The van der Waals surface area contributed by atoms with Gasteiger partial charge in [0.2, 0.25) is 0 Å². The Labute approximate surface area is 152 Å². The van der Waals surface area contributed by atoms with E-state index in [1.54, 1.807) is 0 Å². The van der Waals surface area contributed by atoms with Crippen molar-refractivity contribution in [1.29, 1.82) is 0 Å². The number of piperidine rings is 1. The average molecular weight is 344 g/mol. The third-order valence-electron chi connectivity index (χ3n) is 5.82. The van der Waals surface area contributed by atoms with Gasteiger partial charge >= 0.3 is 6.03 Å². The predicted molar refractivity (Wildman–Crippen MR) is 103 cm³/mol. The summed E-state index contributed by atoms with van der Waals surface area (Å²) in [5, 5.41) is 3.19. The van der Waals surface area contributed by atoms with E-state index in [1.807, 2.05) is 4.90 Å². The van der Waals surface area contributed by atoms with E-state index in [-0.39, 0.29) is 11.4 Å². The molecule has 25 heavy (non-hydrogen) atoms. The third kappa shape index (κ3) is 4.55. The first-order valence-electron chi connectivity index (χ1n) is 9.80. The van der Waals surface area contributed by atoms with Gasteiger partial charge in [-0.15, -0.1) is 0 Å². The molecule has 1 atom stereocenters. The van der Waals surface area contributed by atoms with Crippen LogP contribution in [0.25, 0.3) is 0 Å². The molecule has 2 aliphatic heterocycles. The molecule has 3 rings (SSSR count). The SMILES string of the molecule is Cc1cccc(C(C)(C)CNC(=O)N2CCCC(N3CCCC3)C2)c1. The summed E-state index contributed by atoms with van der Waals surface area (Å²) < 4.78 is 0. The molecule has 2 aliphatic rings. The Hall–Kier alpha value is -1.55. The topological polar surface area (TPSA) is 35.6 Å². The zero-order valence-electron chi connectivity index (χ0n) is 16.1. The second-order valence-electron chi connectivity index (χ2n) is 8.40. The molecule has 1 aromatic carbocycles. The van der Waals surface area contributed by atoms with Crippen LogP contribution in [0.2, 0.25) is 0 Å². The van der Waals surface area contributed by atoms with E-state index in [0.29, 0.717) is 12.6 Å². The van der Waals surface area contributed by atoms with Crippen molar-refractivity contribution in [3.05, 3.63) is 35.4 Å². The summed E-state index contributed by atoms with van der Waals surface area (Å²) in [6, 6.07) is 9.25. The fraction of sp³-hybridized carbons (Fsp3) is 0.667. The summed E-state index contributed by atoms with van der Waals surface area (Å²) in [5.74, 6) is 0. The van der Waals surface area contributed by atoms with E-state index in [1.165, 1.54) is 43.5 Å². The molecule has 1 unspecified atom stereocenters. The number of nitrogens with zero attached hydrogens (tertiary/aromatic N) is 2. The van der Waals surface area contributed by atoms with Crippen LogP contribution in [0.5, 0.6) is 0 Å². The second kappa shape index (κ2) is 7.77. The lowest BCUT2D eigenvalue weighted by Crippen LogP contribution is -2.53. The highest BCUT2D eigenvalue weighted by Gasteiger charge is 2.30. The first-order chi connectivity index (χ1) is 12.0. The first-order valence-corrected chi connectivity index (χ1v) is 9.80. The van der Waals surface area contributed by atoms with E-state index in [0.717, 1.165) is 19.5 Å². The van der Waals surface area contributed by atoms with Crippen molar-refractivity contribution in [2.75, 3.05) is 32.7 Å². The van der Waals surface area contributed by atoms with Gasteiger partial charge in [0.1, 0.15) is 0 Å². The van der Waals surface area contributed by atoms with E-state index in [9.17, 15) is 4.79 Å². The highest BCUT2D eigenvalue weighted by atomic mass is 16.2. The van der Waals surface area contributed by atoms with Gasteiger partial charge < -0.3 is 10.2 Å². The molecule has 0 aliphatic carbocycles. The Morgan fingerprint density at radius 1 is 1.20 bits per heavy atom. The maximum atomic E-state index is 12.7. The number of urea groups is 1. The Bertz CT molecular complexity index is 593. The Kier molecular flexibility index (Phi) is 5.67. The Balaban J connectivity index is 1.54. The van der Waals surface area contributed by atoms with Gasteiger partial charge in [-0.2, -0.15) is 0 Å². The monoisotopic (exact) mass is 343 g/mol. The normalized spacial score (nSPS) is 22.2. The summed E-state index contributed by atoms with van der Waals surface area (Å²) in [5.41, 5.74) is 2.48. The maximum Gasteiger partial charge on any atom is 0.317 e. The lowest BCUT2D eigenvalue weighted by atomic mass is 9.84. The number of nitrogens with one attached hydrogen (secondary N) is 1. The van der Waals surface area contributed by atoms with Crippen LogP contribution in [-0.2, 0) is 5.41 Å². The van der Waals surface area contributed by atoms with Gasteiger partial charge in [0, 0.05) is 31.1 Å². The number of likely N-dealkylation sites (tertiary alicyclic amines) is 2. The fourth-order valence-electron chi connectivity index (χ4n) is 4.12. The molecule has 4 nitrogen and oxygen atoms in total. The number of benzene rings is 1. The van der Waals surface area contributed by atoms with Gasteiger partial charge in [-0.3, -0.25) is 4.90 Å².